The van der Waals surface area contributed by atoms with Crippen LogP contribution in [0.5, 0.6) is 0 Å². The average molecular weight is 231 g/mol. The van der Waals surface area contributed by atoms with E-state index in [-0.39, 0.29) is 18.0 Å². The Bertz CT molecular complexity index is 537. The van der Waals surface area contributed by atoms with Gasteiger partial charge in [0.25, 0.3) is 5.56 Å². The van der Waals surface area contributed by atoms with E-state index in [1.165, 1.54) is 16.8 Å². The van der Waals surface area contributed by atoms with E-state index in [2.05, 4.69) is 0 Å². The van der Waals surface area contributed by atoms with Crippen molar-refractivity contribution in [2.75, 3.05) is 7.05 Å². The fraction of sp³-hybridized carbons (Fsp3) is 0.417. The molecule has 0 bridgehead atoms. The molecule has 1 aromatic heterocycles. The van der Waals surface area contributed by atoms with Gasteiger partial charge in [-0.1, -0.05) is 0 Å². The minimum atomic E-state index is -0.410. The van der Waals surface area contributed by atoms with E-state index < -0.39 is 5.56 Å². The van der Waals surface area contributed by atoms with Gasteiger partial charge in [-0.05, 0) is 25.0 Å². The predicted molar refractivity (Wildman–Crippen MR) is 61.2 cm³/mol. The zero-order chi connectivity index (χ0) is 12.4. The fourth-order valence-corrected chi connectivity index (χ4v) is 1.67. The molecule has 17 heavy (non-hydrogen) atoms. The number of hydrogen-bond donors (Lipinski definition) is 0. The Morgan fingerprint density at radius 2 is 2.35 bits per heavy atom. The molecule has 0 unspecified atom stereocenters. The number of hydrogen-bond acceptors (Lipinski definition) is 3. The van der Waals surface area contributed by atoms with Gasteiger partial charge in [-0.15, -0.1) is 0 Å². The van der Waals surface area contributed by atoms with E-state index in [0.717, 1.165) is 12.8 Å². The van der Waals surface area contributed by atoms with Crippen LogP contribution in [0.4, 0.5) is 0 Å². The van der Waals surface area contributed by atoms with Gasteiger partial charge in [-0.2, -0.15) is 5.26 Å². The topological polar surface area (TPSA) is 66.1 Å². The first-order chi connectivity index (χ1) is 8.13. The molecule has 5 heteroatoms. The van der Waals surface area contributed by atoms with Crippen LogP contribution >= 0.6 is 0 Å². The lowest BCUT2D eigenvalue weighted by molar-refractivity contribution is -0.131. The summed E-state index contributed by atoms with van der Waals surface area (Å²) in [5, 5.41) is 8.73. The monoisotopic (exact) mass is 231 g/mol. The molecule has 5 nitrogen and oxygen atoms in total. The Labute approximate surface area is 98.9 Å². The summed E-state index contributed by atoms with van der Waals surface area (Å²) in [6.45, 7) is 0.00134. The highest BCUT2D eigenvalue weighted by Crippen LogP contribution is 2.25. The van der Waals surface area contributed by atoms with Gasteiger partial charge in [-0.25, -0.2) is 0 Å². The normalized spacial score (nSPS) is 14.1. The van der Waals surface area contributed by atoms with Crippen LogP contribution in [0.3, 0.4) is 0 Å². The van der Waals surface area contributed by atoms with Crippen LogP contribution < -0.4 is 5.56 Å². The predicted octanol–water partition coefficient (Wildman–Crippen LogP) is 0.341. The molecule has 88 valence electrons. The molecule has 1 saturated carbocycles. The van der Waals surface area contributed by atoms with Gasteiger partial charge >= 0.3 is 0 Å². The van der Waals surface area contributed by atoms with E-state index in [0.29, 0.717) is 6.04 Å². The van der Waals surface area contributed by atoms with Crippen LogP contribution in [-0.2, 0) is 11.3 Å². The molecule has 0 spiro atoms. The van der Waals surface area contributed by atoms with Crippen molar-refractivity contribution in [2.45, 2.75) is 25.4 Å². The minimum absolute atomic E-state index is 0.00134. The fourth-order valence-electron chi connectivity index (χ4n) is 1.67. The van der Waals surface area contributed by atoms with Gasteiger partial charge < -0.3 is 9.47 Å². The molecular weight excluding hydrogens is 218 g/mol. The minimum Gasteiger partial charge on any atom is -0.341 e. The van der Waals surface area contributed by atoms with Crippen molar-refractivity contribution in [3.63, 3.8) is 0 Å². The van der Waals surface area contributed by atoms with Gasteiger partial charge in [0, 0.05) is 19.3 Å². The van der Waals surface area contributed by atoms with Crippen LogP contribution in [0.1, 0.15) is 18.4 Å². The average Bonchev–Trinajstić information content (AvgIpc) is 3.15. The first-order valence-corrected chi connectivity index (χ1v) is 5.48. The van der Waals surface area contributed by atoms with Gasteiger partial charge in [0.15, 0.2) is 0 Å². The van der Waals surface area contributed by atoms with Crippen molar-refractivity contribution in [2.24, 2.45) is 0 Å². The zero-order valence-electron chi connectivity index (χ0n) is 9.59. The lowest BCUT2D eigenvalue weighted by Gasteiger charge is -2.16. The lowest BCUT2D eigenvalue weighted by atomic mass is 10.3. The van der Waals surface area contributed by atoms with Crippen molar-refractivity contribution < 1.29 is 4.79 Å². The third kappa shape index (κ3) is 2.36. The number of aromatic nitrogens is 1. The van der Waals surface area contributed by atoms with E-state index in [1.807, 2.05) is 6.07 Å². The second-order valence-electron chi connectivity index (χ2n) is 4.20. The summed E-state index contributed by atoms with van der Waals surface area (Å²) in [7, 11) is 1.75. The third-order valence-electron chi connectivity index (χ3n) is 2.93. The first kappa shape index (κ1) is 11.4. The Hall–Kier alpha value is -2.09. The molecule has 0 radical (unpaired) electrons. The van der Waals surface area contributed by atoms with Gasteiger partial charge in [0.2, 0.25) is 5.91 Å². The highest BCUT2D eigenvalue weighted by molar-refractivity contribution is 5.76. The SMILES string of the molecule is CN(C(=O)Cn1cccc(C#N)c1=O)C1CC1. The van der Waals surface area contributed by atoms with E-state index >= 15 is 0 Å². The van der Waals surface area contributed by atoms with E-state index in [1.54, 1.807) is 18.0 Å². The summed E-state index contributed by atoms with van der Waals surface area (Å²) < 4.78 is 1.28. The molecule has 1 heterocycles. The van der Waals surface area contributed by atoms with Crippen LogP contribution in [0.15, 0.2) is 23.1 Å². The molecular formula is C12H13N3O2. The van der Waals surface area contributed by atoms with Crippen LogP contribution in [0.25, 0.3) is 0 Å². The molecule has 1 aliphatic carbocycles. The number of nitrogens with zero attached hydrogens (tertiary/aromatic N) is 3. The van der Waals surface area contributed by atoms with Crippen molar-refractivity contribution in [1.82, 2.24) is 9.47 Å². The zero-order valence-corrected chi connectivity index (χ0v) is 9.59. The maximum absolute atomic E-state index is 11.8. The van der Waals surface area contributed by atoms with E-state index in [9.17, 15) is 9.59 Å². The highest BCUT2D eigenvalue weighted by Gasteiger charge is 2.29. The number of amides is 1. The molecule has 1 aromatic rings. The van der Waals surface area contributed by atoms with Crippen LogP contribution in [0, 0.1) is 11.3 Å². The first-order valence-electron chi connectivity index (χ1n) is 5.48. The number of carbonyl (C=O) groups is 1. The Morgan fingerprint density at radius 1 is 1.65 bits per heavy atom. The molecule has 0 aliphatic heterocycles. The van der Waals surface area contributed by atoms with Crippen molar-refractivity contribution in [3.05, 3.63) is 34.2 Å². The Morgan fingerprint density at radius 3 is 2.94 bits per heavy atom. The second-order valence-corrected chi connectivity index (χ2v) is 4.20. The maximum atomic E-state index is 11.8. The number of likely N-dealkylation sites (N-methyl/N-ethyl adjacent to an activating group) is 1. The quantitative estimate of drug-likeness (QED) is 0.753. The molecule has 0 atom stereocenters. The summed E-state index contributed by atoms with van der Waals surface area (Å²) in [4.78, 5) is 25.2. The summed E-state index contributed by atoms with van der Waals surface area (Å²) >= 11 is 0. The molecule has 1 aliphatic rings. The number of nitriles is 1. The van der Waals surface area contributed by atoms with Gasteiger partial charge in [0.05, 0.1) is 0 Å². The number of carbonyl (C=O) groups excluding carboxylic acids is 1. The van der Waals surface area contributed by atoms with Gasteiger partial charge in [-0.3, -0.25) is 9.59 Å². The largest absolute Gasteiger partial charge is 0.341 e. The summed E-state index contributed by atoms with van der Waals surface area (Å²) in [6.07, 6.45) is 3.60. The molecule has 2 rings (SSSR count). The molecule has 1 fully saturated rings. The summed E-state index contributed by atoms with van der Waals surface area (Å²) in [6, 6.07) is 5.20. The maximum Gasteiger partial charge on any atom is 0.268 e. The molecule has 1 amide bonds. The van der Waals surface area contributed by atoms with Gasteiger partial charge in [0.1, 0.15) is 18.2 Å². The summed E-state index contributed by atoms with van der Waals surface area (Å²) in [5.41, 5.74) is -0.345. The Kier molecular flexibility index (Phi) is 2.96. The highest BCUT2D eigenvalue weighted by atomic mass is 16.2. The van der Waals surface area contributed by atoms with Crippen molar-refractivity contribution in [3.8, 4) is 6.07 Å². The number of pyridine rings is 1. The summed E-state index contributed by atoms with van der Waals surface area (Å²) in [5.74, 6) is -0.0929. The van der Waals surface area contributed by atoms with Crippen molar-refractivity contribution in [1.29, 1.82) is 5.26 Å². The molecule has 0 aromatic carbocycles. The smallest absolute Gasteiger partial charge is 0.268 e. The molecule has 0 N–H and O–H groups in total. The molecule has 0 saturated heterocycles. The van der Waals surface area contributed by atoms with Crippen LogP contribution in [0.2, 0.25) is 0 Å². The third-order valence-corrected chi connectivity index (χ3v) is 2.93. The lowest BCUT2D eigenvalue weighted by Crippen LogP contribution is -2.35. The van der Waals surface area contributed by atoms with Crippen LogP contribution in [-0.4, -0.2) is 28.5 Å². The standard InChI is InChI=1S/C12H13N3O2/c1-14(10-4-5-10)11(16)8-15-6-2-3-9(7-13)12(15)17/h2-3,6,10H,4-5,8H2,1H3. The number of rotatable bonds is 3. The Balaban J connectivity index is 2.16. The second kappa shape index (κ2) is 4.42. The van der Waals surface area contributed by atoms with E-state index in [4.69, 9.17) is 5.26 Å². The van der Waals surface area contributed by atoms with Crippen molar-refractivity contribution >= 4 is 5.91 Å².